The summed E-state index contributed by atoms with van der Waals surface area (Å²) in [4.78, 5) is 0. The molecule has 0 aliphatic carbocycles. The number of allylic oxidation sites excluding steroid dienone is 1. The van der Waals surface area contributed by atoms with Crippen molar-refractivity contribution in [2.45, 2.75) is 13.8 Å². The van der Waals surface area contributed by atoms with Crippen molar-refractivity contribution in [3.8, 4) is 5.75 Å². The number of benzene rings is 1. The fourth-order valence-electron chi connectivity index (χ4n) is 0.828. The predicted octanol–water partition coefficient (Wildman–Crippen LogP) is -0.871. The molecule has 0 bridgehead atoms. The fourth-order valence-corrected chi connectivity index (χ4v) is 0.828. The Morgan fingerprint density at radius 2 is 1.92 bits per heavy atom. The van der Waals surface area contributed by atoms with Gasteiger partial charge in [-0.2, -0.15) is 0 Å². The van der Waals surface area contributed by atoms with Crippen LogP contribution in [0, 0.1) is 0 Å². The van der Waals surface area contributed by atoms with Crippen molar-refractivity contribution < 1.29 is 34.7 Å². The van der Waals surface area contributed by atoms with E-state index in [-0.39, 0.29) is 42.7 Å². The molecule has 12 heavy (non-hydrogen) atoms. The minimum absolute atomic E-state index is 0. The average Bonchev–Trinajstić information content (AvgIpc) is 1.94. The molecule has 0 heterocycles. The Morgan fingerprint density at radius 3 is 2.42 bits per heavy atom. The van der Waals surface area contributed by atoms with E-state index in [9.17, 15) is 5.11 Å². The van der Waals surface area contributed by atoms with Crippen molar-refractivity contribution in [1.82, 2.24) is 0 Å². The SMILES string of the molecule is C.C=CCc1ccccc1[O-].[Na+]. The van der Waals surface area contributed by atoms with Gasteiger partial charge in [0.25, 0.3) is 0 Å². The summed E-state index contributed by atoms with van der Waals surface area (Å²) in [7, 11) is 0. The molecule has 0 saturated carbocycles. The molecule has 0 atom stereocenters. The summed E-state index contributed by atoms with van der Waals surface area (Å²) < 4.78 is 0. The Morgan fingerprint density at radius 1 is 1.33 bits per heavy atom. The summed E-state index contributed by atoms with van der Waals surface area (Å²) in [5, 5.41) is 11.0. The van der Waals surface area contributed by atoms with E-state index in [2.05, 4.69) is 6.58 Å². The minimum atomic E-state index is 0. The second-order valence-electron chi connectivity index (χ2n) is 2.10. The average molecular weight is 172 g/mol. The van der Waals surface area contributed by atoms with Crippen molar-refractivity contribution >= 4 is 0 Å². The van der Waals surface area contributed by atoms with Crippen molar-refractivity contribution in [3.05, 3.63) is 42.5 Å². The van der Waals surface area contributed by atoms with Gasteiger partial charge in [0.1, 0.15) is 0 Å². The standard InChI is InChI=1S/C9H10O.CH4.Na/c1-2-5-8-6-3-4-7-9(8)10;;/h2-4,6-7,10H,1,5H2;1H4;/q;;+1/p-1. The first-order valence-electron chi connectivity index (χ1n) is 3.20. The van der Waals surface area contributed by atoms with Crippen LogP contribution in [0.3, 0.4) is 0 Å². The maximum atomic E-state index is 11.0. The van der Waals surface area contributed by atoms with Gasteiger partial charge >= 0.3 is 29.6 Å². The van der Waals surface area contributed by atoms with Gasteiger partial charge in [0.15, 0.2) is 0 Å². The third kappa shape index (κ3) is 3.96. The number of para-hydroxylation sites is 1. The zero-order valence-corrected chi connectivity index (χ0v) is 8.71. The van der Waals surface area contributed by atoms with Crippen LogP contribution >= 0.6 is 0 Å². The van der Waals surface area contributed by atoms with E-state index in [0.29, 0.717) is 6.42 Å². The van der Waals surface area contributed by atoms with E-state index >= 15 is 0 Å². The second-order valence-corrected chi connectivity index (χ2v) is 2.10. The van der Waals surface area contributed by atoms with Crippen LogP contribution in [0.25, 0.3) is 0 Å². The maximum Gasteiger partial charge on any atom is 1.00 e. The van der Waals surface area contributed by atoms with Gasteiger partial charge in [-0.25, -0.2) is 0 Å². The molecule has 2 heteroatoms. The van der Waals surface area contributed by atoms with Crippen LogP contribution in [-0.4, -0.2) is 0 Å². The van der Waals surface area contributed by atoms with Crippen molar-refractivity contribution in [2.24, 2.45) is 0 Å². The van der Waals surface area contributed by atoms with Gasteiger partial charge in [-0.05, 0) is 6.42 Å². The molecule has 1 rings (SSSR count). The molecule has 0 N–H and O–H groups in total. The van der Waals surface area contributed by atoms with Gasteiger partial charge in [-0.3, -0.25) is 0 Å². The van der Waals surface area contributed by atoms with Gasteiger partial charge in [0.2, 0.25) is 0 Å². The molecule has 1 aromatic rings. The molecule has 60 valence electrons. The van der Waals surface area contributed by atoms with E-state index in [4.69, 9.17) is 0 Å². The molecule has 0 spiro atoms. The van der Waals surface area contributed by atoms with Gasteiger partial charge in [-0.15, -0.1) is 12.3 Å². The molecule has 0 aliphatic heterocycles. The largest absolute Gasteiger partial charge is 1.00 e. The first-order valence-corrected chi connectivity index (χ1v) is 3.20. The maximum absolute atomic E-state index is 11.0. The van der Waals surface area contributed by atoms with Gasteiger partial charge in [0.05, 0.1) is 0 Å². The molecule has 1 aromatic carbocycles. The molecule has 0 aromatic heterocycles. The minimum Gasteiger partial charge on any atom is -0.872 e. The second kappa shape index (κ2) is 7.41. The van der Waals surface area contributed by atoms with E-state index in [1.165, 1.54) is 0 Å². The number of hydrogen-bond donors (Lipinski definition) is 0. The first kappa shape index (κ1) is 14.3. The van der Waals surface area contributed by atoms with E-state index < -0.39 is 0 Å². The quantitative estimate of drug-likeness (QED) is 0.420. The molecule has 0 radical (unpaired) electrons. The Labute approximate surface area is 96.4 Å². The summed E-state index contributed by atoms with van der Waals surface area (Å²) in [6, 6.07) is 7.00. The summed E-state index contributed by atoms with van der Waals surface area (Å²) >= 11 is 0. The number of rotatable bonds is 2. The normalized spacial score (nSPS) is 7.67. The summed E-state index contributed by atoms with van der Waals surface area (Å²) in [6.07, 6.45) is 2.40. The summed E-state index contributed by atoms with van der Waals surface area (Å²) in [6.45, 7) is 3.56. The molecule has 0 fully saturated rings. The van der Waals surface area contributed by atoms with E-state index in [1.54, 1.807) is 18.2 Å². The van der Waals surface area contributed by atoms with Crippen LogP contribution in [-0.2, 0) is 6.42 Å². The fraction of sp³-hybridized carbons (Fsp3) is 0.200. The summed E-state index contributed by atoms with van der Waals surface area (Å²) in [5.41, 5.74) is 0.817. The zero-order chi connectivity index (χ0) is 7.40. The Hall–Kier alpha value is -0.240. The van der Waals surface area contributed by atoms with Crippen LogP contribution in [0.15, 0.2) is 36.9 Å². The zero-order valence-electron chi connectivity index (χ0n) is 6.71. The Balaban J connectivity index is 0. The van der Waals surface area contributed by atoms with Gasteiger partial charge < -0.3 is 5.11 Å². The van der Waals surface area contributed by atoms with E-state index in [0.717, 1.165) is 5.56 Å². The molecular weight excluding hydrogens is 159 g/mol. The number of hydrogen-bond acceptors (Lipinski definition) is 1. The third-order valence-corrected chi connectivity index (χ3v) is 1.34. The van der Waals surface area contributed by atoms with Gasteiger partial charge in [0, 0.05) is 0 Å². The topological polar surface area (TPSA) is 23.1 Å². The molecule has 0 amide bonds. The van der Waals surface area contributed by atoms with Crippen molar-refractivity contribution in [1.29, 1.82) is 0 Å². The monoisotopic (exact) mass is 172 g/mol. The molecule has 1 nitrogen and oxygen atoms in total. The molecular formula is C10H13NaO. The summed E-state index contributed by atoms with van der Waals surface area (Å²) in [5.74, 6) is 0.0994. The molecule has 0 unspecified atom stereocenters. The van der Waals surface area contributed by atoms with Crippen LogP contribution in [0.4, 0.5) is 0 Å². The van der Waals surface area contributed by atoms with E-state index in [1.807, 2.05) is 12.1 Å². The van der Waals surface area contributed by atoms with Crippen LogP contribution in [0.2, 0.25) is 0 Å². The van der Waals surface area contributed by atoms with Crippen molar-refractivity contribution in [2.75, 3.05) is 0 Å². The van der Waals surface area contributed by atoms with Crippen LogP contribution < -0.4 is 34.7 Å². The molecule has 0 aliphatic rings. The third-order valence-electron chi connectivity index (χ3n) is 1.34. The Bertz CT molecular complexity index is 233. The van der Waals surface area contributed by atoms with Gasteiger partial charge in [-0.1, -0.05) is 43.3 Å². The van der Waals surface area contributed by atoms with Crippen molar-refractivity contribution in [3.63, 3.8) is 0 Å². The molecule has 0 saturated heterocycles. The van der Waals surface area contributed by atoms with Crippen LogP contribution in [0.5, 0.6) is 5.75 Å². The Kier molecular flexibility index (Phi) is 8.83. The first-order chi connectivity index (χ1) is 4.84. The van der Waals surface area contributed by atoms with Crippen LogP contribution in [0.1, 0.15) is 13.0 Å². The smallest absolute Gasteiger partial charge is 0.872 e. The predicted molar refractivity (Wildman–Crippen MR) is 46.5 cm³/mol.